The van der Waals surface area contributed by atoms with Gasteiger partial charge in [0.1, 0.15) is 19.3 Å². The SMILES string of the molecule is CCCCCCCCCCCCCCCCCCCCCCCC(=O)O[C@H](COC(=O)CCCCCCCCCCCC(C)C)COP(=O)(O)OC[C@@H](O)COP(=O)(O)OC[C@@H](COC(=O)CCCCCCCCCCCCCC)OC(=O)CCCCCCCCCCCCCC. The number of carbonyl (C=O) groups excluding carboxylic acids is 4. The number of phosphoric ester groups is 2. The summed E-state index contributed by atoms with van der Waals surface area (Å²) in [5.74, 6) is -1.37. The van der Waals surface area contributed by atoms with E-state index >= 15 is 0 Å². The lowest BCUT2D eigenvalue weighted by Gasteiger charge is -2.21. The zero-order valence-electron chi connectivity index (χ0n) is 63.2. The number of hydrogen-bond acceptors (Lipinski definition) is 15. The van der Waals surface area contributed by atoms with Gasteiger partial charge in [-0.3, -0.25) is 37.3 Å². The smallest absolute Gasteiger partial charge is 0.462 e. The second kappa shape index (κ2) is 71.1. The minimum Gasteiger partial charge on any atom is -0.462 e. The largest absolute Gasteiger partial charge is 0.472 e. The van der Waals surface area contributed by atoms with Crippen molar-refractivity contribution in [3.63, 3.8) is 0 Å². The molecule has 576 valence electrons. The molecule has 0 rings (SSSR count). The van der Waals surface area contributed by atoms with Crippen LogP contribution in [0.1, 0.15) is 413 Å². The maximum absolute atomic E-state index is 13.1. The van der Waals surface area contributed by atoms with Crippen molar-refractivity contribution in [2.24, 2.45) is 5.92 Å². The van der Waals surface area contributed by atoms with Gasteiger partial charge in [0.2, 0.25) is 0 Å². The Bertz CT molecular complexity index is 1860. The molecule has 0 aliphatic heterocycles. The quantitative estimate of drug-likeness (QED) is 0.0222. The molecule has 0 aliphatic rings. The van der Waals surface area contributed by atoms with Crippen LogP contribution in [0.3, 0.4) is 0 Å². The highest BCUT2D eigenvalue weighted by Crippen LogP contribution is 2.45. The van der Waals surface area contributed by atoms with Gasteiger partial charge in [-0.1, -0.05) is 362 Å². The van der Waals surface area contributed by atoms with Crippen LogP contribution in [-0.2, 0) is 65.4 Å². The summed E-state index contributed by atoms with van der Waals surface area (Å²) in [4.78, 5) is 72.9. The molecule has 0 amide bonds. The molecule has 2 unspecified atom stereocenters. The van der Waals surface area contributed by atoms with Crippen LogP contribution < -0.4 is 0 Å². The second-order valence-corrected chi connectivity index (χ2v) is 31.5. The summed E-state index contributed by atoms with van der Waals surface area (Å²) < 4.78 is 68.6. The highest BCUT2D eigenvalue weighted by atomic mass is 31.2. The van der Waals surface area contributed by atoms with Gasteiger partial charge in [-0.15, -0.1) is 0 Å². The van der Waals surface area contributed by atoms with E-state index in [2.05, 4.69) is 34.6 Å². The molecule has 0 heterocycles. The molecular weight excluding hydrogens is 1270 g/mol. The molecule has 0 saturated carbocycles. The van der Waals surface area contributed by atoms with Gasteiger partial charge in [0.05, 0.1) is 26.4 Å². The molecule has 0 aromatic heterocycles. The first-order valence-corrected chi connectivity index (χ1v) is 43.6. The summed E-state index contributed by atoms with van der Waals surface area (Å²) in [7, 11) is -9.91. The summed E-state index contributed by atoms with van der Waals surface area (Å²) in [5.41, 5.74) is 0. The fourth-order valence-electron chi connectivity index (χ4n) is 12.1. The lowest BCUT2D eigenvalue weighted by molar-refractivity contribution is -0.161. The van der Waals surface area contributed by atoms with Crippen LogP contribution >= 0.6 is 15.6 Å². The maximum Gasteiger partial charge on any atom is 0.472 e. The third kappa shape index (κ3) is 72.2. The fourth-order valence-corrected chi connectivity index (χ4v) is 13.6. The number of aliphatic hydroxyl groups excluding tert-OH is 1. The van der Waals surface area contributed by atoms with Crippen molar-refractivity contribution >= 4 is 39.5 Å². The van der Waals surface area contributed by atoms with Crippen molar-refractivity contribution in [1.29, 1.82) is 0 Å². The van der Waals surface area contributed by atoms with Crippen molar-refractivity contribution < 1.29 is 80.2 Å². The van der Waals surface area contributed by atoms with Crippen LogP contribution in [0.15, 0.2) is 0 Å². The molecule has 17 nitrogen and oxygen atoms in total. The van der Waals surface area contributed by atoms with Crippen LogP contribution in [0.25, 0.3) is 0 Å². The molecule has 0 aromatic carbocycles. The van der Waals surface area contributed by atoms with E-state index < -0.39 is 97.5 Å². The predicted molar refractivity (Wildman–Crippen MR) is 395 cm³/mol. The molecular formula is C78H152O17P2. The van der Waals surface area contributed by atoms with Crippen LogP contribution in [-0.4, -0.2) is 96.7 Å². The number of carbonyl (C=O) groups is 4. The zero-order chi connectivity index (χ0) is 71.2. The van der Waals surface area contributed by atoms with E-state index in [1.54, 1.807) is 0 Å². The third-order valence-electron chi connectivity index (χ3n) is 18.3. The lowest BCUT2D eigenvalue weighted by Crippen LogP contribution is -2.30. The van der Waals surface area contributed by atoms with E-state index in [4.69, 9.17) is 37.0 Å². The first-order chi connectivity index (χ1) is 47.0. The molecule has 3 N–H and O–H groups in total. The summed E-state index contributed by atoms with van der Waals surface area (Å²) >= 11 is 0. The molecule has 97 heavy (non-hydrogen) atoms. The average Bonchev–Trinajstić information content (AvgIpc) is 1.34. The minimum atomic E-state index is -4.96. The van der Waals surface area contributed by atoms with E-state index in [-0.39, 0.29) is 25.7 Å². The third-order valence-corrected chi connectivity index (χ3v) is 20.2. The molecule has 0 fully saturated rings. The number of aliphatic hydroxyl groups is 1. The van der Waals surface area contributed by atoms with Crippen molar-refractivity contribution in [1.82, 2.24) is 0 Å². The van der Waals surface area contributed by atoms with E-state index in [1.165, 1.54) is 238 Å². The van der Waals surface area contributed by atoms with Crippen LogP contribution in [0.2, 0.25) is 0 Å². The van der Waals surface area contributed by atoms with E-state index in [1.807, 2.05) is 0 Å². The molecule has 19 heteroatoms. The van der Waals surface area contributed by atoms with Gasteiger partial charge in [0.15, 0.2) is 12.2 Å². The van der Waals surface area contributed by atoms with Crippen molar-refractivity contribution in [3.8, 4) is 0 Å². The van der Waals surface area contributed by atoms with E-state index in [9.17, 15) is 43.2 Å². The van der Waals surface area contributed by atoms with Crippen molar-refractivity contribution in [2.75, 3.05) is 39.6 Å². The Morgan fingerprint density at radius 3 is 0.701 bits per heavy atom. The Kier molecular flexibility index (Phi) is 69.6. The van der Waals surface area contributed by atoms with Gasteiger partial charge < -0.3 is 33.8 Å². The molecule has 0 aromatic rings. The van der Waals surface area contributed by atoms with E-state index in [0.717, 1.165) is 95.8 Å². The minimum absolute atomic E-state index is 0.108. The van der Waals surface area contributed by atoms with Gasteiger partial charge in [0, 0.05) is 25.7 Å². The molecule has 5 atom stereocenters. The molecule has 0 spiro atoms. The van der Waals surface area contributed by atoms with Crippen LogP contribution in [0.5, 0.6) is 0 Å². The van der Waals surface area contributed by atoms with Gasteiger partial charge in [-0.05, 0) is 31.6 Å². The van der Waals surface area contributed by atoms with Crippen LogP contribution in [0, 0.1) is 5.92 Å². The van der Waals surface area contributed by atoms with Gasteiger partial charge in [0.25, 0.3) is 0 Å². The Morgan fingerprint density at radius 2 is 0.474 bits per heavy atom. The molecule has 0 saturated heterocycles. The number of esters is 4. The van der Waals surface area contributed by atoms with Crippen LogP contribution in [0.4, 0.5) is 0 Å². The highest BCUT2D eigenvalue weighted by Gasteiger charge is 2.30. The van der Waals surface area contributed by atoms with Crippen molar-refractivity contribution in [3.05, 3.63) is 0 Å². The number of hydrogen-bond donors (Lipinski definition) is 3. The number of rotatable bonds is 78. The van der Waals surface area contributed by atoms with E-state index in [0.29, 0.717) is 25.7 Å². The maximum atomic E-state index is 13.1. The van der Waals surface area contributed by atoms with Gasteiger partial charge >= 0.3 is 39.5 Å². The van der Waals surface area contributed by atoms with Crippen molar-refractivity contribution in [2.45, 2.75) is 432 Å². The summed E-state index contributed by atoms with van der Waals surface area (Å²) in [6.07, 6.45) is 61.0. The summed E-state index contributed by atoms with van der Waals surface area (Å²) in [6, 6.07) is 0. The topological polar surface area (TPSA) is 237 Å². The average molecular weight is 1420 g/mol. The normalized spacial score (nSPS) is 13.9. The predicted octanol–water partition coefficient (Wildman–Crippen LogP) is 23.3. The standard InChI is InChI=1S/C78H152O17P2/c1-6-9-12-15-18-21-24-27-28-29-30-31-32-33-34-35-38-43-49-54-59-64-78(83)95-74(68-89-76(81)62-57-52-47-44-39-40-45-50-55-60-71(4)5)70-93-97(86,87)91-66-72(79)65-90-96(84,85)92-69-73(94-77(82)63-58-53-48-42-37-26-23-20-17-14-11-8-3)67-88-75(80)61-56-51-46-41-36-25-22-19-16-13-10-7-2/h71-74,79H,6-70H2,1-5H3,(H,84,85)(H,86,87)/t72-,73+,74+/m0/s1. The molecule has 0 bridgehead atoms. The lowest BCUT2D eigenvalue weighted by atomic mass is 10.0. The zero-order valence-corrected chi connectivity index (χ0v) is 65.0. The molecule has 0 aliphatic carbocycles. The Balaban J connectivity index is 5.20. The fraction of sp³-hybridized carbons (Fsp3) is 0.949. The highest BCUT2D eigenvalue weighted by molar-refractivity contribution is 7.47. The first kappa shape index (κ1) is 95.1. The Morgan fingerprint density at radius 1 is 0.278 bits per heavy atom. The summed E-state index contributed by atoms with van der Waals surface area (Å²) in [5, 5.41) is 10.6. The van der Waals surface area contributed by atoms with Gasteiger partial charge in [-0.2, -0.15) is 0 Å². The monoisotopic (exact) mass is 1420 g/mol. The Labute approximate surface area is 594 Å². The first-order valence-electron chi connectivity index (χ1n) is 40.6. The number of phosphoric acid groups is 2. The number of ether oxygens (including phenoxy) is 4. The molecule has 0 radical (unpaired) electrons. The number of unbranched alkanes of at least 4 members (excludes halogenated alkanes) is 50. The second-order valence-electron chi connectivity index (χ2n) is 28.6. The Hall–Kier alpha value is -1.94. The summed E-state index contributed by atoms with van der Waals surface area (Å²) in [6.45, 7) is 7.29. The van der Waals surface area contributed by atoms with Gasteiger partial charge in [-0.25, -0.2) is 9.13 Å².